The van der Waals surface area contributed by atoms with Crippen LogP contribution in [0.15, 0.2) is 43.2 Å². The molecule has 5 rings (SSSR count). The first-order chi connectivity index (χ1) is 14.1. The summed E-state index contributed by atoms with van der Waals surface area (Å²) in [4.78, 5) is 22.9. The molecule has 1 saturated heterocycles. The van der Waals surface area contributed by atoms with Crippen molar-refractivity contribution in [1.29, 1.82) is 0 Å². The van der Waals surface area contributed by atoms with Gasteiger partial charge in [0.25, 0.3) is 0 Å². The van der Waals surface area contributed by atoms with Gasteiger partial charge in [-0.3, -0.25) is 4.79 Å². The first-order valence-electron chi connectivity index (χ1n) is 9.80. The molecule has 1 aromatic carbocycles. The maximum absolute atomic E-state index is 12.3. The van der Waals surface area contributed by atoms with Gasteiger partial charge in [-0.15, -0.1) is 0 Å². The second-order valence-corrected chi connectivity index (χ2v) is 7.74. The lowest BCUT2D eigenvalue weighted by Gasteiger charge is -2.32. The Balaban J connectivity index is 1.63. The summed E-state index contributed by atoms with van der Waals surface area (Å²) in [5, 5.41) is 8.83. The normalized spacial score (nSPS) is 22.9. The second kappa shape index (κ2) is 6.58. The number of nitrogen functional groups attached to an aromatic ring is 1. The number of nitrogens with two attached hydrogens (primary N) is 1. The van der Waals surface area contributed by atoms with Crippen molar-refractivity contribution in [3.63, 3.8) is 0 Å². The van der Waals surface area contributed by atoms with E-state index < -0.39 is 0 Å². The van der Waals surface area contributed by atoms with Gasteiger partial charge in [0, 0.05) is 24.8 Å². The summed E-state index contributed by atoms with van der Waals surface area (Å²) in [5.74, 6) is 0.873. The maximum Gasteiger partial charge on any atom is 0.246 e. The van der Waals surface area contributed by atoms with Gasteiger partial charge in [0.05, 0.1) is 17.5 Å². The molecule has 3 aromatic rings. The lowest BCUT2D eigenvalue weighted by Crippen LogP contribution is -2.42. The highest BCUT2D eigenvalue weighted by molar-refractivity contribution is 5.98. The zero-order chi connectivity index (χ0) is 20.1. The average Bonchev–Trinajstić information content (AvgIpc) is 3.46. The van der Waals surface area contributed by atoms with Crippen molar-refractivity contribution in [2.75, 3.05) is 24.6 Å². The van der Waals surface area contributed by atoms with E-state index in [-0.39, 0.29) is 18.0 Å². The predicted octanol–water partition coefficient (Wildman–Crippen LogP) is 2.47. The number of hydrogen-bond acceptors (Lipinski definition) is 6. The predicted molar refractivity (Wildman–Crippen MR) is 112 cm³/mol. The van der Waals surface area contributed by atoms with Gasteiger partial charge >= 0.3 is 0 Å². The monoisotopic (exact) mass is 389 g/mol. The number of fused-ring (bicyclic) bond motifs is 3. The van der Waals surface area contributed by atoms with Gasteiger partial charge in [-0.25, -0.2) is 14.6 Å². The second-order valence-electron chi connectivity index (χ2n) is 7.74. The molecule has 148 valence electrons. The molecule has 0 radical (unpaired) electrons. The number of likely N-dealkylation sites (tertiary alicyclic amines) is 1. The molecule has 2 bridgehead atoms. The minimum atomic E-state index is -0.0179. The van der Waals surface area contributed by atoms with E-state index in [0.29, 0.717) is 17.4 Å². The topological polar surface area (TPSA) is 102 Å². The molecule has 8 heteroatoms. The first kappa shape index (κ1) is 17.7. The number of nitrogens with one attached hydrogen (secondary N) is 1. The average molecular weight is 389 g/mol. The summed E-state index contributed by atoms with van der Waals surface area (Å²) in [5.41, 5.74) is 9.70. The summed E-state index contributed by atoms with van der Waals surface area (Å²) in [7, 11) is 1.89. The molecular weight excluding hydrogens is 366 g/mol. The summed E-state index contributed by atoms with van der Waals surface area (Å²) in [6.45, 7) is 4.44. The number of hydrogen-bond donors (Lipinski definition) is 2. The van der Waals surface area contributed by atoms with Crippen LogP contribution in [0.1, 0.15) is 18.9 Å². The molecule has 3 atom stereocenters. The minimum Gasteiger partial charge on any atom is -0.388 e. The Kier molecular flexibility index (Phi) is 4.01. The van der Waals surface area contributed by atoms with Crippen LogP contribution < -0.4 is 11.1 Å². The molecule has 0 spiro atoms. The molecule has 2 aliphatic rings. The van der Waals surface area contributed by atoms with Crippen LogP contribution >= 0.6 is 0 Å². The van der Waals surface area contributed by atoms with Crippen molar-refractivity contribution >= 4 is 28.4 Å². The van der Waals surface area contributed by atoms with Gasteiger partial charge < -0.3 is 16.0 Å². The van der Waals surface area contributed by atoms with Crippen LogP contribution in [-0.2, 0) is 4.79 Å². The van der Waals surface area contributed by atoms with Crippen LogP contribution in [-0.4, -0.2) is 50.2 Å². The Morgan fingerprint density at radius 1 is 1.24 bits per heavy atom. The third-order valence-corrected chi connectivity index (χ3v) is 6.19. The summed E-state index contributed by atoms with van der Waals surface area (Å²) >= 11 is 0. The zero-order valence-electron chi connectivity index (χ0n) is 16.2. The largest absolute Gasteiger partial charge is 0.388 e. The number of benzene rings is 1. The van der Waals surface area contributed by atoms with E-state index in [0.717, 1.165) is 41.7 Å². The molecule has 1 aliphatic heterocycles. The molecule has 3 heterocycles. The summed E-state index contributed by atoms with van der Waals surface area (Å²) in [6, 6.07) is 8.20. The highest BCUT2D eigenvalue weighted by Crippen LogP contribution is 2.46. The number of nitrogens with zero attached hydrogens (tertiary/aromatic N) is 5. The number of carbonyl (C=O) groups is 1. The van der Waals surface area contributed by atoms with Crippen molar-refractivity contribution in [3.05, 3.63) is 43.2 Å². The molecule has 1 saturated carbocycles. The van der Waals surface area contributed by atoms with Gasteiger partial charge in [-0.2, -0.15) is 5.10 Å². The van der Waals surface area contributed by atoms with Gasteiger partial charge in [0.15, 0.2) is 5.65 Å². The van der Waals surface area contributed by atoms with Crippen LogP contribution in [0, 0.1) is 5.92 Å². The lowest BCUT2D eigenvalue weighted by molar-refractivity contribution is -0.128. The summed E-state index contributed by atoms with van der Waals surface area (Å²) < 4.78 is 1.96. The highest BCUT2D eigenvalue weighted by Gasteiger charge is 2.48. The molecule has 29 heavy (non-hydrogen) atoms. The van der Waals surface area contributed by atoms with E-state index in [1.54, 1.807) is 0 Å². The van der Waals surface area contributed by atoms with E-state index >= 15 is 0 Å². The molecule has 1 amide bonds. The standard InChI is InChI=1S/C21H23N7O/c1-3-17(29)27-10-12-8-15(27)16(9-12)28-21-18(20(22)24-11-25-21)19(26-28)13-4-6-14(23-2)7-5-13/h3-7,11-12,15-16,23H,1,8-10H2,2H3,(H2,22,24,25). The van der Waals surface area contributed by atoms with Crippen molar-refractivity contribution in [2.24, 2.45) is 5.92 Å². The molecule has 3 N–H and O–H groups in total. The van der Waals surface area contributed by atoms with Crippen molar-refractivity contribution < 1.29 is 4.79 Å². The van der Waals surface area contributed by atoms with Crippen LogP contribution in [0.2, 0.25) is 0 Å². The van der Waals surface area contributed by atoms with Crippen molar-refractivity contribution in [3.8, 4) is 11.3 Å². The van der Waals surface area contributed by atoms with E-state index in [9.17, 15) is 4.79 Å². The van der Waals surface area contributed by atoms with E-state index in [1.165, 1.54) is 12.4 Å². The highest BCUT2D eigenvalue weighted by atomic mass is 16.2. The zero-order valence-corrected chi connectivity index (χ0v) is 16.2. The Bertz CT molecular complexity index is 1100. The van der Waals surface area contributed by atoms with Crippen LogP contribution in [0.4, 0.5) is 11.5 Å². The Hall–Kier alpha value is -3.42. The Morgan fingerprint density at radius 3 is 2.69 bits per heavy atom. The van der Waals surface area contributed by atoms with Crippen molar-refractivity contribution in [1.82, 2.24) is 24.6 Å². The fourth-order valence-corrected chi connectivity index (χ4v) is 4.85. The van der Waals surface area contributed by atoms with Gasteiger partial charge in [-0.05, 0) is 37.0 Å². The van der Waals surface area contributed by atoms with Gasteiger partial charge in [0.1, 0.15) is 17.8 Å². The fraction of sp³-hybridized carbons (Fsp3) is 0.333. The molecule has 1 aliphatic carbocycles. The van der Waals surface area contributed by atoms with Crippen LogP contribution in [0.25, 0.3) is 22.3 Å². The third-order valence-electron chi connectivity index (χ3n) is 6.19. The number of anilines is 2. The van der Waals surface area contributed by atoms with Crippen molar-refractivity contribution in [2.45, 2.75) is 24.9 Å². The number of rotatable bonds is 4. The molecule has 3 unspecified atom stereocenters. The SMILES string of the molecule is C=CC(=O)N1CC2CC1C(n1nc(-c3ccc(NC)cc3)c3c(N)ncnc31)C2. The molecule has 2 aromatic heterocycles. The van der Waals surface area contributed by atoms with E-state index in [2.05, 4.69) is 21.9 Å². The van der Waals surface area contributed by atoms with Crippen LogP contribution in [0.3, 0.4) is 0 Å². The lowest BCUT2D eigenvalue weighted by atomic mass is 10.1. The quantitative estimate of drug-likeness (QED) is 0.665. The summed E-state index contributed by atoms with van der Waals surface area (Å²) in [6.07, 6.45) is 4.83. The molecular formula is C21H23N7O. The Morgan fingerprint density at radius 2 is 2.00 bits per heavy atom. The third kappa shape index (κ3) is 2.66. The number of carbonyl (C=O) groups excluding carboxylic acids is 1. The number of piperidine rings is 1. The molecule has 8 nitrogen and oxygen atoms in total. The van der Waals surface area contributed by atoms with Gasteiger partial charge in [0.2, 0.25) is 5.91 Å². The van der Waals surface area contributed by atoms with E-state index in [1.807, 2.05) is 40.9 Å². The van der Waals surface area contributed by atoms with Crippen LogP contribution in [0.5, 0.6) is 0 Å². The minimum absolute atomic E-state index is 0.0179. The maximum atomic E-state index is 12.3. The number of aromatic nitrogens is 4. The first-order valence-corrected chi connectivity index (χ1v) is 9.80. The fourth-order valence-electron chi connectivity index (χ4n) is 4.85. The number of amides is 1. The van der Waals surface area contributed by atoms with Gasteiger partial charge in [-0.1, -0.05) is 18.7 Å². The Labute approximate surface area is 168 Å². The smallest absolute Gasteiger partial charge is 0.246 e. The molecule has 2 fully saturated rings. The van der Waals surface area contributed by atoms with E-state index in [4.69, 9.17) is 10.8 Å².